The Morgan fingerprint density at radius 2 is 1.25 bits per heavy atom. The first kappa shape index (κ1) is 26.9. The quantitative estimate of drug-likeness (QED) is 0.288. The lowest BCUT2D eigenvalue weighted by atomic mass is 9.87. The van der Waals surface area contributed by atoms with Crippen LogP contribution in [0.4, 0.5) is 0 Å². The number of aromatic nitrogens is 1. The molecule has 3 aromatic rings. The first-order valence-corrected chi connectivity index (χ1v) is 12.5. The van der Waals surface area contributed by atoms with Crippen LogP contribution in [0.5, 0.6) is 5.75 Å². The van der Waals surface area contributed by atoms with Crippen molar-refractivity contribution in [2.45, 2.75) is 60.0 Å². The van der Waals surface area contributed by atoms with E-state index >= 15 is 0 Å². The number of pyridine rings is 1. The lowest BCUT2D eigenvalue weighted by Crippen LogP contribution is -2.21. The SMILES string of the molecule is CCOC(=O)c1c(C(C)C)nc(C(C)C)c(C(=O)OCC)c1-c1ccc(OCc2ccccc2)cc1. The van der Waals surface area contributed by atoms with Gasteiger partial charge >= 0.3 is 11.9 Å². The molecule has 190 valence electrons. The van der Waals surface area contributed by atoms with Crippen LogP contribution in [0.3, 0.4) is 0 Å². The van der Waals surface area contributed by atoms with Crippen molar-refractivity contribution in [3.8, 4) is 16.9 Å². The van der Waals surface area contributed by atoms with E-state index in [9.17, 15) is 9.59 Å². The van der Waals surface area contributed by atoms with Crippen molar-refractivity contribution < 1.29 is 23.8 Å². The van der Waals surface area contributed by atoms with E-state index in [1.807, 2.05) is 82.3 Å². The summed E-state index contributed by atoms with van der Waals surface area (Å²) in [6, 6.07) is 17.3. The summed E-state index contributed by atoms with van der Waals surface area (Å²) in [6.07, 6.45) is 0. The van der Waals surface area contributed by atoms with Gasteiger partial charge < -0.3 is 14.2 Å². The normalized spacial score (nSPS) is 11.0. The van der Waals surface area contributed by atoms with Crippen molar-refractivity contribution in [2.24, 2.45) is 0 Å². The van der Waals surface area contributed by atoms with Crippen molar-refractivity contribution in [3.63, 3.8) is 0 Å². The van der Waals surface area contributed by atoms with Gasteiger partial charge in [-0.15, -0.1) is 0 Å². The Morgan fingerprint density at radius 1 is 0.750 bits per heavy atom. The number of esters is 2. The largest absolute Gasteiger partial charge is 0.489 e. The van der Waals surface area contributed by atoms with Crippen molar-refractivity contribution in [3.05, 3.63) is 82.7 Å². The molecule has 6 heteroatoms. The van der Waals surface area contributed by atoms with Crippen molar-refractivity contribution >= 4 is 11.9 Å². The lowest BCUT2D eigenvalue weighted by molar-refractivity contribution is 0.0523. The van der Waals surface area contributed by atoms with Crippen molar-refractivity contribution in [1.82, 2.24) is 4.98 Å². The summed E-state index contributed by atoms with van der Waals surface area (Å²) in [7, 11) is 0. The summed E-state index contributed by atoms with van der Waals surface area (Å²) in [4.78, 5) is 31.3. The zero-order valence-corrected chi connectivity index (χ0v) is 22.0. The van der Waals surface area contributed by atoms with Gasteiger partial charge in [-0.3, -0.25) is 4.98 Å². The van der Waals surface area contributed by atoms with Gasteiger partial charge in [0.2, 0.25) is 0 Å². The highest BCUT2D eigenvalue weighted by Gasteiger charge is 2.32. The highest BCUT2D eigenvalue weighted by Crippen LogP contribution is 2.38. The number of hydrogen-bond donors (Lipinski definition) is 0. The number of nitrogens with zero attached hydrogens (tertiary/aromatic N) is 1. The topological polar surface area (TPSA) is 74.7 Å². The zero-order valence-electron chi connectivity index (χ0n) is 22.0. The second-order valence-electron chi connectivity index (χ2n) is 9.06. The van der Waals surface area contributed by atoms with E-state index in [0.29, 0.717) is 46.0 Å². The Morgan fingerprint density at radius 3 is 1.69 bits per heavy atom. The third kappa shape index (κ3) is 6.11. The van der Waals surface area contributed by atoms with Gasteiger partial charge in [0, 0.05) is 5.56 Å². The van der Waals surface area contributed by atoms with Crippen LogP contribution in [0.15, 0.2) is 54.6 Å². The van der Waals surface area contributed by atoms with E-state index < -0.39 is 11.9 Å². The van der Waals surface area contributed by atoms with E-state index in [1.165, 1.54) is 0 Å². The van der Waals surface area contributed by atoms with Crippen LogP contribution >= 0.6 is 0 Å². The third-order valence-electron chi connectivity index (χ3n) is 5.70. The van der Waals surface area contributed by atoms with Gasteiger partial charge in [-0.1, -0.05) is 70.2 Å². The minimum atomic E-state index is -0.506. The van der Waals surface area contributed by atoms with Crippen LogP contribution in [-0.4, -0.2) is 30.1 Å². The summed E-state index contributed by atoms with van der Waals surface area (Å²) in [5, 5.41) is 0. The molecule has 0 saturated heterocycles. The first-order chi connectivity index (χ1) is 17.3. The average molecular weight is 490 g/mol. The molecular weight excluding hydrogens is 454 g/mol. The van der Waals surface area contributed by atoms with Crippen molar-refractivity contribution in [2.75, 3.05) is 13.2 Å². The Kier molecular flexibility index (Phi) is 9.23. The summed E-state index contributed by atoms with van der Waals surface area (Å²) in [6.45, 7) is 12.3. The average Bonchev–Trinajstić information content (AvgIpc) is 2.87. The summed E-state index contributed by atoms with van der Waals surface area (Å²) in [5.41, 5.74) is 4.06. The monoisotopic (exact) mass is 489 g/mol. The Hall–Kier alpha value is -3.67. The Labute approximate surface area is 213 Å². The standard InChI is InChI=1S/C30H35NO5/c1-7-34-29(32)25-24(22-14-16-23(17-15-22)36-18-21-12-10-9-11-13-21)26(30(33)35-8-2)28(20(5)6)31-27(25)19(3)4/h9-17,19-20H,7-8,18H2,1-6H3. The highest BCUT2D eigenvalue weighted by molar-refractivity contribution is 6.07. The molecule has 0 spiro atoms. The van der Waals surface area contributed by atoms with Gasteiger partial charge in [0.25, 0.3) is 0 Å². The smallest absolute Gasteiger partial charge is 0.340 e. The van der Waals surface area contributed by atoms with E-state index in [2.05, 4.69) is 0 Å². The minimum absolute atomic E-state index is 0.0645. The number of hydrogen-bond acceptors (Lipinski definition) is 6. The van der Waals surface area contributed by atoms with Gasteiger partial charge in [0.1, 0.15) is 12.4 Å². The second kappa shape index (κ2) is 12.3. The molecule has 0 N–H and O–H groups in total. The van der Waals surface area contributed by atoms with E-state index in [4.69, 9.17) is 19.2 Å². The molecule has 0 unspecified atom stereocenters. The third-order valence-corrected chi connectivity index (χ3v) is 5.70. The molecule has 3 rings (SSSR count). The van der Waals surface area contributed by atoms with Crippen LogP contribution in [0.25, 0.3) is 11.1 Å². The van der Waals surface area contributed by atoms with Crippen LogP contribution in [0.2, 0.25) is 0 Å². The van der Waals surface area contributed by atoms with Crippen molar-refractivity contribution in [1.29, 1.82) is 0 Å². The van der Waals surface area contributed by atoms with Gasteiger partial charge in [-0.05, 0) is 48.9 Å². The van der Waals surface area contributed by atoms with Crippen LogP contribution in [0, 0.1) is 0 Å². The molecule has 0 aliphatic carbocycles. The molecule has 0 aliphatic heterocycles. The number of rotatable bonds is 10. The molecule has 2 aromatic carbocycles. The number of carbonyl (C=O) groups excluding carboxylic acids is 2. The van der Waals surface area contributed by atoms with Crippen LogP contribution in [0.1, 0.15) is 91.0 Å². The summed E-state index contributed by atoms with van der Waals surface area (Å²) >= 11 is 0. The summed E-state index contributed by atoms with van der Waals surface area (Å²) < 4.78 is 16.8. The predicted molar refractivity (Wildman–Crippen MR) is 141 cm³/mol. The molecule has 0 fully saturated rings. The highest BCUT2D eigenvalue weighted by atomic mass is 16.5. The molecule has 6 nitrogen and oxygen atoms in total. The molecular formula is C30H35NO5. The molecule has 0 radical (unpaired) electrons. The molecule has 0 amide bonds. The number of benzene rings is 2. The number of ether oxygens (including phenoxy) is 3. The van der Waals surface area contributed by atoms with Gasteiger partial charge in [0.05, 0.1) is 35.7 Å². The fourth-order valence-corrected chi connectivity index (χ4v) is 4.03. The minimum Gasteiger partial charge on any atom is -0.489 e. The van der Waals surface area contributed by atoms with Crippen LogP contribution < -0.4 is 4.74 Å². The Balaban J connectivity index is 2.19. The second-order valence-corrected chi connectivity index (χ2v) is 9.06. The fourth-order valence-electron chi connectivity index (χ4n) is 4.03. The first-order valence-electron chi connectivity index (χ1n) is 12.5. The molecule has 0 aliphatic rings. The molecule has 0 atom stereocenters. The predicted octanol–water partition coefficient (Wildman–Crippen LogP) is 6.93. The van der Waals surface area contributed by atoms with E-state index in [-0.39, 0.29) is 25.0 Å². The molecule has 0 bridgehead atoms. The zero-order chi connectivity index (χ0) is 26.2. The molecule has 1 aromatic heterocycles. The maximum absolute atomic E-state index is 13.3. The van der Waals surface area contributed by atoms with Gasteiger partial charge in [-0.2, -0.15) is 0 Å². The van der Waals surface area contributed by atoms with Gasteiger partial charge in [0.15, 0.2) is 0 Å². The maximum atomic E-state index is 13.3. The lowest BCUT2D eigenvalue weighted by Gasteiger charge is -2.23. The van der Waals surface area contributed by atoms with Crippen LogP contribution in [-0.2, 0) is 16.1 Å². The van der Waals surface area contributed by atoms with E-state index in [0.717, 1.165) is 5.56 Å². The maximum Gasteiger partial charge on any atom is 0.340 e. The van der Waals surface area contributed by atoms with E-state index in [1.54, 1.807) is 13.8 Å². The summed E-state index contributed by atoms with van der Waals surface area (Å²) in [5.74, 6) is -0.459. The molecule has 0 saturated carbocycles. The van der Waals surface area contributed by atoms with Gasteiger partial charge in [-0.25, -0.2) is 9.59 Å². The molecule has 1 heterocycles. The fraction of sp³-hybridized carbons (Fsp3) is 0.367. The number of carbonyl (C=O) groups is 2. The molecule has 36 heavy (non-hydrogen) atoms. The Bertz CT molecular complexity index is 1140.